The summed E-state index contributed by atoms with van der Waals surface area (Å²) in [6, 6.07) is 8.15. The van der Waals surface area contributed by atoms with Gasteiger partial charge in [-0.05, 0) is 71.2 Å². The van der Waals surface area contributed by atoms with E-state index in [2.05, 4.69) is 27.9 Å². The number of hydrogen-bond donors (Lipinski definition) is 3. The fourth-order valence-corrected chi connectivity index (χ4v) is 2.45. The third kappa shape index (κ3) is 7.33. The molecule has 26 heavy (non-hydrogen) atoms. The normalized spacial score (nSPS) is 19.9. The molecule has 1 amide bonds. The molecule has 1 fully saturated rings. The summed E-state index contributed by atoms with van der Waals surface area (Å²) in [5.41, 5.74) is 0.641. The number of guanidine groups is 1. The molecule has 0 spiro atoms. The van der Waals surface area contributed by atoms with Gasteiger partial charge in [0.05, 0.1) is 6.10 Å². The summed E-state index contributed by atoms with van der Waals surface area (Å²) in [5, 5.41) is 9.58. The quantitative estimate of drug-likeness (QED) is 0.538. The van der Waals surface area contributed by atoms with Crippen molar-refractivity contribution >= 4 is 17.6 Å². The Kier molecular flexibility index (Phi) is 6.51. The maximum atomic E-state index is 12.0. The molecule has 2 atom stereocenters. The van der Waals surface area contributed by atoms with E-state index < -0.39 is 0 Å². The number of carbonyl (C=O) groups is 1. The molecular weight excluding hydrogens is 328 g/mol. The number of rotatable bonds is 6. The topological polar surface area (TPSA) is 74.8 Å². The van der Waals surface area contributed by atoms with E-state index in [0.717, 1.165) is 17.9 Å². The second-order valence-electron chi connectivity index (χ2n) is 8.24. The molecule has 0 aliphatic heterocycles. The average Bonchev–Trinajstić information content (AvgIpc) is 3.19. The molecule has 0 radical (unpaired) electrons. The highest BCUT2D eigenvalue weighted by molar-refractivity contribution is 5.95. The Morgan fingerprint density at radius 1 is 1.27 bits per heavy atom. The van der Waals surface area contributed by atoms with Crippen LogP contribution >= 0.6 is 0 Å². The third-order valence-corrected chi connectivity index (χ3v) is 3.82. The summed E-state index contributed by atoms with van der Waals surface area (Å²) in [4.78, 5) is 16.5. The number of benzene rings is 1. The van der Waals surface area contributed by atoms with Crippen molar-refractivity contribution in [1.82, 2.24) is 10.6 Å². The first-order chi connectivity index (χ1) is 12.1. The highest BCUT2D eigenvalue weighted by Crippen LogP contribution is 2.29. The smallest absolute Gasteiger partial charge is 0.242 e. The summed E-state index contributed by atoms with van der Waals surface area (Å²) in [5.74, 6) is 1.99. The second kappa shape index (κ2) is 8.43. The number of amides is 1. The summed E-state index contributed by atoms with van der Waals surface area (Å²) in [7, 11) is 0. The Bertz CT molecular complexity index is 632. The number of ether oxygens (including phenoxy) is 1. The van der Waals surface area contributed by atoms with Gasteiger partial charge in [0.15, 0.2) is 5.96 Å². The van der Waals surface area contributed by atoms with Crippen molar-refractivity contribution in [1.29, 1.82) is 0 Å². The van der Waals surface area contributed by atoms with E-state index in [1.807, 2.05) is 58.9 Å². The lowest BCUT2D eigenvalue weighted by Gasteiger charge is -2.20. The first-order valence-electron chi connectivity index (χ1n) is 9.28. The van der Waals surface area contributed by atoms with Gasteiger partial charge in [0.2, 0.25) is 5.91 Å². The molecule has 0 aromatic heterocycles. The van der Waals surface area contributed by atoms with Gasteiger partial charge in [0, 0.05) is 17.3 Å². The van der Waals surface area contributed by atoms with Crippen molar-refractivity contribution in [2.24, 2.45) is 10.9 Å². The van der Waals surface area contributed by atoms with Crippen LogP contribution in [0, 0.1) is 5.92 Å². The molecule has 1 aliphatic carbocycles. The zero-order chi connectivity index (χ0) is 19.3. The average molecular weight is 361 g/mol. The van der Waals surface area contributed by atoms with Crippen molar-refractivity contribution in [3.63, 3.8) is 0 Å². The zero-order valence-electron chi connectivity index (χ0n) is 16.7. The minimum atomic E-state index is -0.259. The lowest BCUT2D eigenvalue weighted by atomic mass is 10.1. The molecule has 1 aliphatic rings. The SMILES string of the molecule is CC(C)Oc1ccc(NC(=NCC(=O)NC(C)(C)C)NC2CC2C)cc1. The highest BCUT2D eigenvalue weighted by atomic mass is 16.5. The van der Waals surface area contributed by atoms with Gasteiger partial charge in [-0.3, -0.25) is 4.79 Å². The Labute approximate surface area is 156 Å². The van der Waals surface area contributed by atoms with Crippen LogP contribution in [0.3, 0.4) is 0 Å². The summed E-state index contributed by atoms with van der Waals surface area (Å²) >= 11 is 0. The summed E-state index contributed by atoms with van der Waals surface area (Å²) in [6.07, 6.45) is 1.26. The Hall–Kier alpha value is -2.24. The minimum Gasteiger partial charge on any atom is -0.491 e. The van der Waals surface area contributed by atoms with Gasteiger partial charge < -0.3 is 20.7 Å². The van der Waals surface area contributed by atoms with E-state index in [1.165, 1.54) is 0 Å². The number of carbonyl (C=O) groups excluding carboxylic acids is 1. The minimum absolute atomic E-state index is 0.0856. The van der Waals surface area contributed by atoms with Gasteiger partial charge in [-0.2, -0.15) is 0 Å². The Morgan fingerprint density at radius 2 is 1.88 bits per heavy atom. The number of hydrogen-bond acceptors (Lipinski definition) is 3. The molecule has 0 bridgehead atoms. The molecule has 6 nitrogen and oxygen atoms in total. The van der Waals surface area contributed by atoms with Gasteiger partial charge in [0.25, 0.3) is 0 Å². The molecule has 2 rings (SSSR count). The fraction of sp³-hybridized carbons (Fsp3) is 0.600. The number of nitrogens with zero attached hydrogens (tertiary/aromatic N) is 1. The van der Waals surface area contributed by atoms with Crippen molar-refractivity contribution in [3.05, 3.63) is 24.3 Å². The molecule has 2 unspecified atom stereocenters. The van der Waals surface area contributed by atoms with E-state index >= 15 is 0 Å². The van der Waals surface area contributed by atoms with Crippen LogP contribution in [-0.2, 0) is 4.79 Å². The molecule has 0 saturated heterocycles. The van der Waals surface area contributed by atoms with Crippen LogP contribution in [0.4, 0.5) is 5.69 Å². The molecule has 1 saturated carbocycles. The molecule has 1 aromatic carbocycles. The first kappa shape index (κ1) is 20.1. The van der Waals surface area contributed by atoms with Gasteiger partial charge in [-0.25, -0.2) is 4.99 Å². The fourth-order valence-electron chi connectivity index (χ4n) is 2.45. The highest BCUT2D eigenvalue weighted by Gasteiger charge is 2.33. The largest absolute Gasteiger partial charge is 0.491 e. The van der Waals surface area contributed by atoms with Crippen LogP contribution in [0.5, 0.6) is 5.75 Å². The van der Waals surface area contributed by atoms with E-state index in [-0.39, 0.29) is 24.1 Å². The number of aliphatic imine (C=N–C) groups is 1. The molecule has 144 valence electrons. The van der Waals surface area contributed by atoms with E-state index in [9.17, 15) is 4.79 Å². The Morgan fingerprint density at radius 3 is 2.38 bits per heavy atom. The monoisotopic (exact) mass is 360 g/mol. The van der Waals surface area contributed by atoms with Crippen LogP contribution in [0.2, 0.25) is 0 Å². The van der Waals surface area contributed by atoms with Crippen LogP contribution in [0.25, 0.3) is 0 Å². The predicted molar refractivity (Wildman–Crippen MR) is 107 cm³/mol. The van der Waals surface area contributed by atoms with E-state index in [1.54, 1.807) is 0 Å². The van der Waals surface area contributed by atoms with Gasteiger partial charge in [-0.15, -0.1) is 0 Å². The second-order valence-corrected chi connectivity index (χ2v) is 8.24. The predicted octanol–water partition coefficient (Wildman–Crippen LogP) is 3.15. The lowest BCUT2D eigenvalue weighted by Crippen LogP contribution is -2.42. The van der Waals surface area contributed by atoms with Crippen LogP contribution < -0.4 is 20.7 Å². The van der Waals surface area contributed by atoms with Crippen LogP contribution in [0.1, 0.15) is 48.0 Å². The zero-order valence-corrected chi connectivity index (χ0v) is 16.7. The van der Waals surface area contributed by atoms with Crippen molar-refractivity contribution in [3.8, 4) is 5.75 Å². The van der Waals surface area contributed by atoms with Gasteiger partial charge >= 0.3 is 0 Å². The molecule has 0 heterocycles. The standard InChI is InChI=1S/C20H32N4O2/c1-13(2)26-16-9-7-15(8-10-16)22-19(23-17-11-14(17)3)21-12-18(25)24-20(4,5)6/h7-10,13-14,17H,11-12H2,1-6H3,(H,24,25)(H2,21,22,23). The van der Waals surface area contributed by atoms with Crippen molar-refractivity contribution in [2.75, 3.05) is 11.9 Å². The third-order valence-electron chi connectivity index (χ3n) is 3.82. The lowest BCUT2D eigenvalue weighted by molar-refractivity contribution is -0.121. The summed E-state index contributed by atoms with van der Waals surface area (Å²) in [6.45, 7) is 12.2. The van der Waals surface area contributed by atoms with Crippen LogP contribution in [0.15, 0.2) is 29.3 Å². The number of anilines is 1. The number of nitrogens with one attached hydrogen (secondary N) is 3. The van der Waals surface area contributed by atoms with Crippen molar-refractivity contribution in [2.45, 2.75) is 65.6 Å². The van der Waals surface area contributed by atoms with E-state index in [0.29, 0.717) is 17.9 Å². The Balaban J connectivity index is 2.00. The van der Waals surface area contributed by atoms with Crippen LogP contribution in [-0.4, -0.2) is 36.1 Å². The first-order valence-corrected chi connectivity index (χ1v) is 9.28. The van der Waals surface area contributed by atoms with Gasteiger partial charge in [-0.1, -0.05) is 6.92 Å². The van der Waals surface area contributed by atoms with Gasteiger partial charge in [0.1, 0.15) is 12.3 Å². The van der Waals surface area contributed by atoms with Crippen molar-refractivity contribution < 1.29 is 9.53 Å². The maximum absolute atomic E-state index is 12.0. The maximum Gasteiger partial charge on any atom is 0.242 e. The molecule has 3 N–H and O–H groups in total. The molecule has 1 aromatic rings. The molecular formula is C20H32N4O2. The van der Waals surface area contributed by atoms with E-state index in [4.69, 9.17) is 4.74 Å². The molecule has 6 heteroatoms. The summed E-state index contributed by atoms with van der Waals surface area (Å²) < 4.78 is 5.66.